The van der Waals surface area contributed by atoms with Crippen molar-refractivity contribution in [1.29, 1.82) is 0 Å². The summed E-state index contributed by atoms with van der Waals surface area (Å²) in [6, 6.07) is 1.49. The Kier molecular flexibility index (Phi) is 6.42. The number of alkyl halides is 2. The Morgan fingerprint density at radius 3 is 2.66 bits per heavy atom. The topological polar surface area (TPSA) is 110 Å². The van der Waals surface area contributed by atoms with Crippen molar-refractivity contribution in [2.24, 2.45) is 0 Å². The molecule has 1 amide bonds. The number of anilines is 1. The lowest BCUT2D eigenvalue weighted by Crippen LogP contribution is -2.56. The van der Waals surface area contributed by atoms with Crippen molar-refractivity contribution in [3.05, 3.63) is 17.1 Å². The van der Waals surface area contributed by atoms with Gasteiger partial charge in [-0.2, -0.15) is 4.98 Å². The Morgan fingerprint density at radius 1 is 1.31 bits per heavy atom. The lowest BCUT2D eigenvalue weighted by Gasteiger charge is -2.37. The fourth-order valence-electron chi connectivity index (χ4n) is 3.59. The molecule has 0 aromatic carbocycles. The van der Waals surface area contributed by atoms with Crippen LogP contribution in [-0.4, -0.2) is 69.3 Å². The van der Waals surface area contributed by atoms with Crippen LogP contribution in [0.2, 0.25) is 0 Å². The first-order valence-electron chi connectivity index (χ1n) is 10.4. The van der Waals surface area contributed by atoms with Gasteiger partial charge in [-0.15, -0.1) is 11.3 Å². The number of hydrogen-bond donors (Lipinski definition) is 2. The number of hydrogen-bond acceptors (Lipinski definition) is 9. The first kappa shape index (κ1) is 22.6. The third-order valence-electron chi connectivity index (χ3n) is 5.48. The number of thiazole rings is 1. The van der Waals surface area contributed by atoms with Gasteiger partial charge < -0.3 is 24.8 Å². The summed E-state index contributed by atoms with van der Waals surface area (Å²) in [4.78, 5) is 26.4. The van der Waals surface area contributed by atoms with Crippen LogP contribution in [0.25, 0.3) is 10.8 Å². The summed E-state index contributed by atoms with van der Waals surface area (Å²) in [5.41, 5.74) is 0.511. The molecule has 2 aromatic heterocycles. The molecule has 12 heteroatoms. The number of carbonyl (C=O) groups excluding carboxylic acids is 1. The van der Waals surface area contributed by atoms with Gasteiger partial charge in [-0.1, -0.05) is 0 Å². The molecule has 9 nitrogen and oxygen atoms in total. The van der Waals surface area contributed by atoms with Crippen LogP contribution >= 0.6 is 11.3 Å². The molecule has 2 N–H and O–H groups in total. The summed E-state index contributed by atoms with van der Waals surface area (Å²) < 4.78 is 37.6. The van der Waals surface area contributed by atoms with Crippen molar-refractivity contribution < 1.29 is 28.2 Å². The SMILES string of the molecule is COC(=O)N1CC(Oc2cc(NC3CCC(F)(F)CC3)nc(-c3nc(C(C)O)cs3)n2)C1. The zero-order chi connectivity index (χ0) is 22.9. The predicted molar refractivity (Wildman–Crippen MR) is 113 cm³/mol. The molecule has 1 saturated heterocycles. The molecule has 4 rings (SSSR count). The number of nitrogens with zero attached hydrogens (tertiary/aromatic N) is 4. The van der Waals surface area contributed by atoms with E-state index in [0.717, 1.165) is 0 Å². The minimum Gasteiger partial charge on any atom is -0.470 e. The first-order chi connectivity index (χ1) is 15.2. The van der Waals surface area contributed by atoms with Crippen LogP contribution in [-0.2, 0) is 4.74 Å². The molecular weight excluding hydrogens is 444 g/mol. The Hall–Kier alpha value is -2.60. The van der Waals surface area contributed by atoms with Gasteiger partial charge in [0.05, 0.1) is 32.0 Å². The van der Waals surface area contributed by atoms with Crippen molar-refractivity contribution in [2.45, 2.75) is 56.8 Å². The average Bonchev–Trinajstić information content (AvgIpc) is 3.22. The number of carbonyl (C=O) groups is 1. The fraction of sp³-hybridized carbons (Fsp3) is 0.600. The highest BCUT2D eigenvalue weighted by atomic mass is 32.1. The Labute approximate surface area is 187 Å². The third-order valence-corrected chi connectivity index (χ3v) is 6.34. The van der Waals surface area contributed by atoms with Gasteiger partial charge in [-0.05, 0) is 19.8 Å². The normalized spacial score (nSPS) is 19.8. The Bertz CT molecular complexity index is 957. The maximum absolute atomic E-state index is 13.5. The number of ether oxygens (including phenoxy) is 2. The van der Waals surface area contributed by atoms with Gasteiger partial charge in [-0.3, -0.25) is 0 Å². The van der Waals surface area contributed by atoms with E-state index >= 15 is 0 Å². The third kappa shape index (κ3) is 5.23. The van der Waals surface area contributed by atoms with Gasteiger partial charge in [0.1, 0.15) is 11.9 Å². The number of methoxy groups -OCH3 is 1. The molecule has 1 aliphatic heterocycles. The standard InChI is InChI=1S/C20H25F2N5O4S/c1-11(28)14-10-32-18(24-14)17-25-15(23-12-3-5-20(21,22)6-4-12)7-16(26-17)31-13-8-27(9-13)19(29)30-2/h7,10-13,28H,3-6,8-9H2,1-2H3,(H,23,25,26). The molecule has 32 heavy (non-hydrogen) atoms. The average molecular weight is 470 g/mol. The molecule has 0 radical (unpaired) electrons. The molecule has 0 bridgehead atoms. The molecule has 2 aromatic rings. The van der Waals surface area contributed by atoms with E-state index in [0.29, 0.717) is 54.2 Å². The number of aromatic nitrogens is 3. The maximum Gasteiger partial charge on any atom is 0.409 e. The van der Waals surface area contributed by atoms with Crippen LogP contribution in [0.5, 0.6) is 5.88 Å². The van der Waals surface area contributed by atoms with Gasteiger partial charge in [-0.25, -0.2) is 23.5 Å². The molecule has 1 unspecified atom stereocenters. The van der Waals surface area contributed by atoms with Crippen LogP contribution in [0.1, 0.15) is 44.4 Å². The molecule has 2 aliphatic rings. The second-order valence-electron chi connectivity index (χ2n) is 8.06. The zero-order valence-electron chi connectivity index (χ0n) is 17.8. The van der Waals surface area contributed by atoms with E-state index < -0.39 is 18.1 Å². The van der Waals surface area contributed by atoms with Gasteiger partial charge in [0.2, 0.25) is 11.8 Å². The number of halogens is 2. The summed E-state index contributed by atoms with van der Waals surface area (Å²) >= 11 is 1.29. The molecule has 1 atom stereocenters. The lowest BCUT2D eigenvalue weighted by molar-refractivity contribution is -0.0361. The number of amides is 1. The summed E-state index contributed by atoms with van der Waals surface area (Å²) in [6.07, 6.45) is -1.05. The molecule has 1 saturated carbocycles. The number of rotatable bonds is 6. The van der Waals surface area contributed by atoms with E-state index in [-0.39, 0.29) is 25.0 Å². The molecular formula is C20H25F2N5O4S. The van der Waals surface area contributed by atoms with Gasteiger partial charge in [0.15, 0.2) is 10.8 Å². The number of aliphatic hydroxyl groups is 1. The quantitative estimate of drug-likeness (QED) is 0.662. The van der Waals surface area contributed by atoms with Crippen molar-refractivity contribution in [3.63, 3.8) is 0 Å². The first-order valence-corrected chi connectivity index (χ1v) is 11.3. The highest BCUT2D eigenvalue weighted by Gasteiger charge is 2.36. The largest absolute Gasteiger partial charge is 0.470 e. The number of likely N-dealkylation sites (tertiary alicyclic amines) is 1. The van der Waals surface area contributed by atoms with Gasteiger partial charge in [0, 0.05) is 30.3 Å². The van der Waals surface area contributed by atoms with Crippen LogP contribution in [0.4, 0.5) is 19.4 Å². The number of nitrogens with one attached hydrogen (secondary N) is 1. The van der Waals surface area contributed by atoms with Crippen LogP contribution in [0, 0.1) is 0 Å². The molecule has 3 heterocycles. The smallest absolute Gasteiger partial charge is 0.409 e. The van der Waals surface area contributed by atoms with E-state index in [4.69, 9.17) is 4.74 Å². The van der Waals surface area contributed by atoms with Gasteiger partial charge >= 0.3 is 6.09 Å². The predicted octanol–water partition coefficient (Wildman–Crippen LogP) is 3.47. The van der Waals surface area contributed by atoms with Crippen molar-refractivity contribution >= 4 is 23.2 Å². The van der Waals surface area contributed by atoms with Crippen molar-refractivity contribution in [2.75, 3.05) is 25.5 Å². The van der Waals surface area contributed by atoms with E-state index in [1.807, 2.05) is 0 Å². The summed E-state index contributed by atoms with van der Waals surface area (Å²) in [7, 11) is 1.32. The molecule has 1 aliphatic carbocycles. The van der Waals surface area contributed by atoms with Crippen LogP contribution in [0.15, 0.2) is 11.4 Å². The summed E-state index contributed by atoms with van der Waals surface area (Å²) in [6.45, 7) is 2.36. The van der Waals surface area contributed by atoms with Crippen molar-refractivity contribution in [1.82, 2.24) is 19.9 Å². The molecule has 0 spiro atoms. The van der Waals surface area contributed by atoms with E-state index in [2.05, 4.69) is 25.0 Å². The Balaban J connectivity index is 1.52. The number of aliphatic hydroxyl groups excluding tert-OH is 1. The highest BCUT2D eigenvalue weighted by Crippen LogP contribution is 2.35. The fourth-order valence-corrected chi connectivity index (χ4v) is 4.43. The van der Waals surface area contributed by atoms with E-state index in [9.17, 15) is 18.7 Å². The maximum atomic E-state index is 13.5. The minimum atomic E-state index is -2.61. The van der Waals surface area contributed by atoms with Gasteiger partial charge in [0.25, 0.3) is 0 Å². The van der Waals surface area contributed by atoms with Crippen LogP contribution in [0.3, 0.4) is 0 Å². The molecule has 2 fully saturated rings. The van der Waals surface area contributed by atoms with E-state index in [1.54, 1.807) is 18.4 Å². The monoisotopic (exact) mass is 469 g/mol. The second-order valence-corrected chi connectivity index (χ2v) is 8.92. The Morgan fingerprint density at radius 2 is 2.03 bits per heavy atom. The van der Waals surface area contributed by atoms with Crippen LogP contribution < -0.4 is 10.1 Å². The second kappa shape index (κ2) is 9.10. The summed E-state index contributed by atoms with van der Waals surface area (Å²) in [5, 5.41) is 15.2. The highest BCUT2D eigenvalue weighted by molar-refractivity contribution is 7.13. The molecule has 174 valence electrons. The van der Waals surface area contributed by atoms with E-state index in [1.165, 1.54) is 23.3 Å². The van der Waals surface area contributed by atoms with Crippen molar-refractivity contribution in [3.8, 4) is 16.7 Å². The summed E-state index contributed by atoms with van der Waals surface area (Å²) in [5.74, 6) is -1.55. The lowest BCUT2D eigenvalue weighted by atomic mass is 9.92. The zero-order valence-corrected chi connectivity index (χ0v) is 18.6. The minimum absolute atomic E-state index is 0.131.